The fourth-order valence-electron chi connectivity index (χ4n) is 1.08. The van der Waals surface area contributed by atoms with E-state index >= 15 is 0 Å². The minimum absolute atomic E-state index is 0.377. The van der Waals surface area contributed by atoms with E-state index in [1.165, 1.54) is 0 Å². The Kier molecular flexibility index (Phi) is 8.33. The predicted molar refractivity (Wildman–Crippen MR) is 53.3 cm³/mol. The molecule has 0 bridgehead atoms. The molecule has 0 rings (SSSR count). The van der Waals surface area contributed by atoms with Crippen molar-refractivity contribution in [1.29, 1.82) is 0 Å². The van der Waals surface area contributed by atoms with Crippen LogP contribution in [0.25, 0.3) is 0 Å². The lowest BCUT2D eigenvalue weighted by atomic mass is 10.1. The highest BCUT2D eigenvalue weighted by molar-refractivity contribution is 4.59. The van der Waals surface area contributed by atoms with Gasteiger partial charge in [0.2, 0.25) is 0 Å². The number of aliphatic hydroxyl groups excluding tert-OH is 1. The van der Waals surface area contributed by atoms with Crippen molar-refractivity contribution in [3.63, 3.8) is 0 Å². The highest BCUT2D eigenvalue weighted by Crippen LogP contribution is 2.04. The predicted octanol–water partition coefficient (Wildman–Crippen LogP) is -0.302. The monoisotopic (exact) mass is 190 g/mol. The van der Waals surface area contributed by atoms with Gasteiger partial charge in [-0.3, -0.25) is 0 Å². The normalized spacial score (nSPS) is 15.7. The van der Waals surface area contributed by atoms with Gasteiger partial charge < -0.3 is 21.3 Å². The molecule has 5 N–H and O–H groups in total. The molecule has 0 aliphatic rings. The summed E-state index contributed by atoms with van der Waals surface area (Å²) in [5.74, 6) is 0.377. The molecule has 80 valence electrons. The Labute approximate surface area is 80.2 Å². The quantitative estimate of drug-likeness (QED) is 0.491. The highest BCUT2D eigenvalue weighted by Gasteiger charge is 2.06. The molecule has 0 aromatic rings. The van der Waals surface area contributed by atoms with Crippen LogP contribution in [0.5, 0.6) is 0 Å². The summed E-state index contributed by atoms with van der Waals surface area (Å²) in [5.41, 5.74) is 10.9. The van der Waals surface area contributed by atoms with E-state index in [4.69, 9.17) is 21.3 Å². The van der Waals surface area contributed by atoms with E-state index in [-0.39, 0.29) is 0 Å². The van der Waals surface area contributed by atoms with Gasteiger partial charge in [-0.2, -0.15) is 0 Å². The molecule has 4 heteroatoms. The molecule has 2 unspecified atom stereocenters. The van der Waals surface area contributed by atoms with Crippen LogP contribution in [0.4, 0.5) is 0 Å². The van der Waals surface area contributed by atoms with Crippen LogP contribution in [0, 0.1) is 5.92 Å². The topological polar surface area (TPSA) is 81.5 Å². The number of rotatable bonds is 8. The lowest BCUT2D eigenvalue weighted by molar-refractivity contribution is 0.0290. The molecule has 0 aromatic heterocycles. The zero-order chi connectivity index (χ0) is 10.1. The first-order chi connectivity index (χ1) is 6.20. The van der Waals surface area contributed by atoms with Crippen LogP contribution in [-0.2, 0) is 4.74 Å². The average Bonchev–Trinajstić information content (AvgIpc) is 2.10. The summed E-state index contributed by atoms with van der Waals surface area (Å²) in [6.45, 7) is 4.05. The highest BCUT2D eigenvalue weighted by atomic mass is 16.5. The Morgan fingerprint density at radius 1 is 1.31 bits per heavy atom. The second kappa shape index (κ2) is 8.44. The third-order valence-electron chi connectivity index (χ3n) is 1.86. The molecule has 0 fully saturated rings. The average molecular weight is 190 g/mol. The van der Waals surface area contributed by atoms with Gasteiger partial charge in [0, 0.05) is 0 Å². The van der Waals surface area contributed by atoms with E-state index < -0.39 is 6.10 Å². The summed E-state index contributed by atoms with van der Waals surface area (Å²) < 4.78 is 5.27. The molecule has 0 heterocycles. The van der Waals surface area contributed by atoms with E-state index in [1.54, 1.807) is 6.92 Å². The van der Waals surface area contributed by atoms with Crippen molar-refractivity contribution >= 4 is 0 Å². The number of hydrogen-bond acceptors (Lipinski definition) is 4. The summed E-state index contributed by atoms with van der Waals surface area (Å²) in [5, 5.41) is 8.94. The van der Waals surface area contributed by atoms with Crippen molar-refractivity contribution in [2.45, 2.75) is 25.9 Å². The second-order valence-corrected chi connectivity index (χ2v) is 3.42. The fourth-order valence-corrected chi connectivity index (χ4v) is 1.08. The molecule has 2 atom stereocenters. The Morgan fingerprint density at radius 2 is 2.00 bits per heavy atom. The van der Waals surface area contributed by atoms with Gasteiger partial charge in [0.1, 0.15) is 0 Å². The minimum Gasteiger partial charge on any atom is -0.391 e. The van der Waals surface area contributed by atoms with Gasteiger partial charge in [0.15, 0.2) is 0 Å². The Bertz CT molecular complexity index is 110. The molecule has 0 saturated carbocycles. The smallest absolute Gasteiger partial charge is 0.0745 e. The lowest BCUT2D eigenvalue weighted by Gasteiger charge is -2.15. The van der Waals surface area contributed by atoms with E-state index in [0.29, 0.717) is 32.2 Å². The third-order valence-corrected chi connectivity index (χ3v) is 1.86. The molecule has 0 aliphatic heterocycles. The van der Waals surface area contributed by atoms with Crippen LogP contribution in [0.3, 0.4) is 0 Å². The summed E-state index contributed by atoms with van der Waals surface area (Å²) in [4.78, 5) is 0. The first-order valence-corrected chi connectivity index (χ1v) is 4.86. The van der Waals surface area contributed by atoms with Crippen molar-refractivity contribution in [3.8, 4) is 0 Å². The fraction of sp³-hybridized carbons (Fsp3) is 1.00. The van der Waals surface area contributed by atoms with Crippen LogP contribution in [0.1, 0.15) is 19.8 Å². The maximum Gasteiger partial charge on any atom is 0.0745 e. The zero-order valence-electron chi connectivity index (χ0n) is 8.41. The van der Waals surface area contributed by atoms with Crippen molar-refractivity contribution < 1.29 is 9.84 Å². The number of ether oxygens (including phenoxy) is 1. The standard InChI is InChI=1S/C9H22N2O2/c1-8(12)6-13-7-9(5-11)3-2-4-10/h8-9,12H,2-7,10-11H2,1H3. The van der Waals surface area contributed by atoms with Crippen LogP contribution >= 0.6 is 0 Å². The van der Waals surface area contributed by atoms with Crippen LogP contribution < -0.4 is 11.5 Å². The molecule has 13 heavy (non-hydrogen) atoms. The van der Waals surface area contributed by atoms with Gasteiger partial charge in [-0.1, -0.05) is 0 Å². The molecule has 0 saturated heterocycles. The molecule has 4 nitrogen and oxygen atoms in total. The molecule has 0 aromatic carbocycles. The van der Waals surface area contributed by atoms with E-state index in [2.05, 4.69) is 0 Å². The van der Waals surface area contributed by atoms with E-state index in [9.17, 15) is 0 Å². The van der Waals surface area contributed by atoms with E-state index in [0.717, 1.165) is 12.8 Å². The van der Waals surface area contributed by atoms with Gasteiger partial charge in [-0.15, -0.1) is 0 Å². The maximum absolute atomic E-state index is 8.94. The van der Waals surface area contributed by atoms with Gasteiger partial charge in [0.25, 0.3) is 0 Å². The Morgan fingerprint density at radius 3 is 2.46 bits per heavy atom. The SMILES string of the molecule is CC(O)COCC(CN)CCCN. The first kappa shape index (κ1) is 12.8. The Balaban J connectivity index is 3.36. The number of aliphatic hydroxyl groups is 1. The molecule has 0 spiro atoms. The van der Waals surface area contributed by atoms with Gasteiger partial charge in [-0.25, -0.2) is 0 Å². The minimum atomic E-state index is -0.395. The molecule has 0 amide bonds. The number of nitrogens with two attached hydrogens (primary N) is 2. The molecule has 0 aliphatic carbocycles. The van der Waals surface area contributed by atoms with E-state index in [1.807, 2.05) is 0 Å². The van der Waals surface area contributed by atoms with Crippen LogP contribution in [-0.4, -0.2) is 37.5 Å². The van der Waals surface area contributed by atoms with Crippen LogP contribution in [0.2, 0.25) is 0 Å². The third kappa shape index (κ3) is 8.18. The summed E-state index contributed by atoms with van der Waals surface area (Å²) >= 11 is 0. The number of hydrogen-bond donors (Lipinski definition) is 3. The largest absolute Gasteiger partial charge is 0.391 e. The van der Waals surface area contributed by atoms with Crippen molar-refractivity contribution in [1.82, 2.24) is 0 Å². The van der Waals surface area contributed by atoms with Gasteiger partial charge in [-0.05, 0) is 38.8 Å². The summed E-state index contributed by atoms with van der Waals surface area (Å²) in [7, 11) is 0. The van der Waals surface area contributed by atoms with Crippen molar-refractivity contribution in [2.24, 2.45) is 17.4 Å². The van der Waals surface area contributed by atoms with Gasteiger partial charge in [0.05, 0.1) is 19.3 Å². The summed E-state index contributed by atoms with van der Waals surface area (Å²) in [6.07, 6.45) is 1.60. The molecular weight excluding hydrogens is 168 g/mol. The Hall–Kier alpha value is -0.160. The summed E-state index contributed by atoms with van der Waals surface area (Å²) in [6, 6.07) is 0. The first-order valence-electron chi connectivity index (χ1n) is 4.86. The second-order valence-electron chi connectivity index (χ2n) is 3.42. The van der Waals surface area contributed by atoms with Crippen molar-refractivity contribution in [2.75, 3.05) is 26.3 Å². The molecule has 0 radical (unpaired) electrons. The maximum atomic E-state index is 8.94. The lowest BCUT2D eigenvalue weighted by Crippen LogP contribution is -2.23. The molecular formula is C9H22N2O2. The van der Waals surface area contributed by atoms with Gasteiger partial charge >= 0.3 is 0 Å². The van der Waals surface area contributed by atoms with Crippen molar-refractivity contribution in [3.05, 3.63) is 0 Å². The van der Waals surface area contributed by atoms with Crippen LogP contribution in [0.15, 0.2) is 0 Å². The zero-order valence-corrected chi connectivity index (χ0v) is 8.41.